The second-order valence-electron chi connectivity index (χ2n) is 6.10. The van der Waals surface area contributed by atoms with Crippen LogP contribution in [-0.4, -0.2) is 34.3 Å². The van der Waals surface area contributed by atoms with Gasteiger partial charge in [0.25, 0.3) is 0 Å². The van der Waals surface area contributed by atoms with Crippen LogP contribution in [0.1, 0.15) is 31.9 Å². The average molecular weight is 327 g/mol. The van der Waals surface area contributed by atoms with Crippen LogP contribution >= 0.6 is 0 Å². The molecule has 0 heterocycles. The molecule has 1 atom stereocenters. The van der Waals surface area contributed by atoms with Crippen molar-refractivity contribution in [2.75, 3.05) is 19.3 Å². The van der Waals surface area contributed by atoms with Gasteiger partial charge in [-0.15, -0.1) is 0 Å². The number of rotatable bonds is 5. The summed E-state index contributed by atoms with van der Waals surface area (Å²) in [6.45, 7) is 8.68. The Labute approximate surface area is 135 Å². The van der Waals surface area contributed by atoms with E-state index in [0.717, 1.165) is 5.56 Å². The second-order valence-corrected chi connectivity index (χ2v) is 8.42. The maximum atomic E-state index is 13.5. The van der Waals surface area contributed by atoms with Crippen LogP contribution in [0.25, 0.3) is 0 Å². The van der Waals surface area contributed by atoms with Crippen molar-refractivity contribution in [3.63, 3.8) is 0 Å². The number of hydrogen-bond acceptors (Lipinski definition) is 2. The van der Waals surface area contributed by atoms with Crippen molar-refractivity contribution in [1.29, 1.82) is 0 Å². The van der Waals surface area contributed by atoms with Crippen molar-refractivity contribution in [2.45, 2.75) is 39.0 Å². The number of hydrogen-bond donors (Lipinski definition) is 2. The van der Waals surface area contributed by atoms with Gasteiger partial charge in [0.05, 0.1) is 0 Å². The van der Waals surface area contributed by atoms with E-state index in [4.69, 9.17) is 0 Å². The Morgan fingerprint density at radius 2 is 2.00 bits per heavy atom. The summed E-state index contributed by atoms with van der Waals surface area (Å²) >= 11 is 0. The molecule has 1 aromatic carbocycles. The number of aryl methyl sites for hydroxylation is 1. The average Bonchev–Trinajstić information content (AvgIpc) is 2.44. The maximum Gasteiger partial charge on any atom is 0.191 e. The van der Waals surface area contributed by atoms with E-state index in [9.17, 15) is 8.60 Å². The normalized spacial score (nSPS) is 13.8. The highest BCUT2D eigenvalue weighted by Gasteiger charge is 2.18. The monoisotopic (exact) mass is 327 g/mol. The molecular weight excluding hydrogens is 301 g/mol. The molecule has 0 aromatic heterocycles. The largest absolute Gasteiger partial charge is 0.355 e. The molecule has 0 aliphatic heterocycles. The van der Waals surface area contributed by atoms with Crippen LogP contribution in [0.3, 0.4) is 0 Å². The van der Waals surface area contributed by atoms with Gasteiger partial charge in [0.1, 0.15) is 5.82 Å². The lowest BCUT2D eigenvalue weighted by atomic mass is 10.1. The maximum absolute atomic E-state index is 13.5. The van der Waals surface area contributed by atoms with Crippen molar-refractivity contribution in [2.24, 2.45) is 4.99 Å². The summed E-state index contributed by atoms with van der Waals surface area (Å²) in [5, 5.41) is 6.24. The van der Waals surface area contributed by atoms with Crippen molar-refractivity contribution in [1.82, 2.24) is 10.6 Å². The molecule has 4 nitrogen and oxygen atoms in total. The number of guanidine groups is 1. The van der Waals surface area contributed by atoms with Crippen molar-refractivity contribution in [3.05, 3.63) is 35.1 Å². The predicted molar refractivity (Wildman–Crippen MR) is 92.1 cm³/mol. The summed E-state index contributed by atoms with van der Waals surface area (Å²) in [6, 6.07) is 5.16. The van der Waals surface area contributed by atoms with Gasteiger partial charge in [-0.2, -0.15) is 0 Å². The molecule has 1 unspecified atom stereocenters. The van der Waals surface area contributed by atoms with E-state index in [2.05, 4.69) is 15.6 Å². The molecule has 0 aliphatic rings. The van der Waals surface area contributed by atoms with Crippen LogP contribution < -0.4 is 10.6 Å². The Kier molecular flexibility index (Phi) is 7.00. The van der Waals surface area contributed by atoms with E-state index < -0.39 is 10.8 Å². The SMILES string of the molecule is CN=C(NCCS(=O)C(C)(C)C)NCc1ccc(C)c(F)c1. The van der Waals surface area contributed by atoms with Gasteiger partial charge in [0, 0.05) is 41.4 Å². The Bertz CT molecular complexity index is 553. The highest BCUT2D eigenvalue weighted by Crippen LogP contribution is 2.10. The predicted octanol–water partition coefficient (Wildman–Crippen LogP) is 2.35. The molecule has 0 saturated heterocycles. The molecule has 0 saturated carbocycles. The molecule has 124 valence electrons. The first-order valence-corrected chi connectivity index (χ1v) is 8.64. The number of benzene rings is 1. The molecule has 1 aromatic rings. The van der Waals surface area contributed by atoms with Crippen LogP contribution in [0.5, 0.6) is 0 Å². The fourth-order valence-electron chi connectivity index (χ4n) is 1.72. The van der Waals surface area contributed by atoms with Gasteiger partial charge in [-0.3, -0.25) is 9.20 Å². The molecule has 0 amide bonds. The van der Waals surface area contributed by atoms with E-state index >= 15 is 0 Å². The Balaban J connectivity index is 2.43. The fourth-order valence-corrected chi connectivity index (χ4v) is 2.62. The number of nitrogens with zero attached hydrogens (tertiary/aromatic N) is 1. The zero-order valence-corrected chi connectivity index (χ0v) is 14.8. The molecule has 0 radical (unpaired) electrons. The van der Waals surface area contributed by atoms with Crippen LogP contribution in [0.4, 0.5) is 4.39 Å². The zero-order valence-electron chi connectivity index (χ0n) is 14.0. The highest BCUT2D eigenvalue weighted by atomic mass is 32.2. The van der Waals surface area contributed by atoms with E-state index in [0.29, 0.717) is 30.4 Å². The third-order valence-electron chi connectivity index (χ3n) is 3.18. The minimum Gasteiger partial charge on any atom is -0.355 e. The zero-order chi connectivity index (χ0) is 16.8. The molecule has 0 aliphatic carbocycles. The standard InChI is InChI=1S/C16H26FN3OS/c1-12-6-7-13(10-14(12)17)11-20-15(18-5)19-8-9-22(21)16(2,3)4/h6-7,10H,8-9,11H2,1-5H3,(H2,18,19,20). The minimum absolute atomic E-state index is 0.206. The van der Waals surface area contributed by atoms with Crippen molar-refractivity contribution < 1.29 is 8.60 Å². The van der Waals surface area contributed by atoms with Crippen LogP contribution in [0, 0.1) is 12.7 Å². The Hall–Kier alpha value is -1.43. The summed E-state index contributed by atoms with van der Waals surface area (Å²) in [6.07, 6.45) is 0. The molecular formula is C16H26FN3OS. The van der Waals surface area contributed by atoms with E-state index in [1.807, 2.05) is 26.8 Å². The van der Waals surface area contributed by atoms with E-state index in [-0.39, 0.29) is 10.6 Å². The van der Waals surface area contributed by atoms with Gasteiger partial charge in [-0.1, -0.05) is 12.1 Å². The van der Waals surface area contributed by atoms with Crippen LogP contribution in [0.2, 0.25) is 0 Å². The highest BCUT2D eigenvalue weighted by molar-refractivity contribution is 7.86. The van der Waals surface area contributed by atoms with Crippen LogP contribution in [-0.2, 0) is 17.3 Å². The molecule has 22 heavy (non-hydrogen) atoms. The summed E-state index contributed by atoms with van der Waals surface area (Å²) in [5.74, 6) is 0.971. The lowest BCUT2D eigenvalue weighted by molar-refractivity contribution is 0.615. The van der Waals surface area contributed by atoms with Crippen molar-refractivity contribution >= 4 is 16.8 Å². The van der Waals surface area contributed by atoms with Gasteiger partial charge in [-0.05, 0) is 44.9 Å². The first-order valence-electron chi connectivity index (χ1n) is 7.32. The Morgan fingerprint density at radius 3 is 2.55 bits per heavy atom. The summed E-state index contributed by atoms with van der Waals surface area (Å²) in [4.78, 5) is 4.10. The van der Waals surface area contributed by atoms with Gasteiger partial charge < -0.3 is 10.6 Å². The Morgan fingerprint density at radius 1 is 1.32 bits per heavy atom. The lowest BCUT2D eigenvalue weighted by Crippen LogP contribution is -2.40. The topological polar surface area (TPSA) is 53.5 Å². The second kappa shape index (κ2) is 8.27. The molecule has 0 spiro atoms. The lowest BCUT2D eigenvalue weighted by Gasteiger charge is -2.18. The van der Waals surface area contributed by atoms with Gasteiger partial charge in [0.2, 0.25) is 0 Å². The minimum atomic E-state index is -0.896. The fraction of sp³-hybridized carbons (Fsp3) is 0.562. The molecule has 1 rings (SSSR count). The quantitative estimate of drug-likeness (QED) is 0.645. The van der Waals surface area contributed by atoms with Gasteiger partial charge in [-0.25, -0.2) is 4.39 Å². The molecule has 0 bridgehead atoms. The number of halogens is 1. The first-order chi connectivity index (χ1) is 10.2. The van der Waals surface area contributed by atoms with Crippen molar-refractivity contribution in [3.8, 4) is 0 Å². The summed E-state index contributed by atoms with van der Waals surface area (Å²) in [7, 11) is 0.776. The molecule has 0 fully saturated rings. The summed E-state index contributed by atoms with van der Waals surface area (Å²) < 4.78 is 25.2. The smallest absolute Gasteiger partial charge is 0.191 e. The molecule has 2 N–H and O–H groups in total. The third-order valence-corrected chi connectivity index (χ3v) is 5.12. The summed E-state index contributed by atoms with van der Waals surface area (Å²) in [5.41, 5.74) is 1.49. The number of nitrogens with one attached hydrogen (secondary N) is 2. The molecule has 6 heteroatoms. The first kappa shape index (κ1) is 18.6. The van der Waals surface area contributed by atoms with E-state index in [1.54, 1.807) is 20.0 Å². The van der Waals surface area contributed by atoms with E-state index in [1.165, 1.54) is 6.07 Å². The third kappa shape index (κ3) is 6.13. The van der Waals surface area contributed by atoms with Crippen LogP contribution in [0.15, 0.2) is 23.2 Å². The van der Waals surface area contributed by atoms with Gasteiger partial charge >= 0.3 is 0 Å². The number of aliphatic imine (C=N–C) groups is 1. The van der Waals surface area contributed by atoms with Gasteiger partial charge in [0.15, 0.2) is 5.96 Å².